The summed E-state index contributed by atoms with van der Waals surface area (Å²) >= 11 is 0. The maximum Gasteiger partial charge on any atom is 0.334 e. The molecule has 0 saturated carbocycles. The van der Waals surface area contributed by atoms with Crippen LogP contribution in [0.3, 0.4) is 0 Å². The van der Waals surface area contributed by atoms with Crippen LogP contribution in [0.2, 0.25) is 0 Å². The molecule has 2 aliphatic heterocycles. The van der Waals surface area contributed by atoms with Crippen LogP contribution in [0.1, 0.15) is 31.3 Å². The molecule has 0 aliphatic carbocycles. The Labute approximate surface area is 204 Å². The van der Waals surface area contributed by atoms with E-state index in [0.717, 1.165) is 11.1 Å². The van der Waals surface area contributed by atoms with Gasteiger partial charge >= 0.3 is 5.97 Å². The fourth-order valence-electron chi connectivity index (χ4n) is 4.25. The molecule has 4 rings (SSSR count). The summed E-state index contributed by atoms with van der Waals surface area (Å²) in [6.45, 7) is 3.47. The average Bonchev–Trinajstić information content (AvgIpc) is 2.89. The van der Waals surface area contributed by atoms with E-state index in [0.29, 0.717) is 0 Å². The van der Waals surface area contributed by atoms with E-state index in [1.54, 1.807) is 6.92 Å². The van der Waals surface area contributed by atoms with Gasteiger partial charge in [-0.2, -0.15) is 0 Å². The molecule has 2 fully saturated rings. The smallest absolute Gasteiger partial charge is 0.334 e. The largest absolute Gasteiger partial charge is 0.467 e. The first-order valence-electron chi connectivity index (χ1n) is 11.6. The summed E-state index contributed by atoms with van der Waals surface area (Å²) in [5.41, 5.74) is 1.78. The van der Waals surface area contributed by atoms with E-state index in [4.69, 9.17) is 28.4 Å². The summed E-state index contributed by atoms with van der Waals surface area (Å²) in [4.78, 5) is 24.4. The lowest BCUT2D eigenvalue weighted by Crippen LogP contribution is -2.68. The fraction of sp³-hybridized carbons (Fsp3) is 0.462. The molecule has 2 heterocycles. The van der Waals surface area contributed by atoms with Crippen molar-refractivity contribution >= 4 is 11.9 Å². The molecule has 9 nitrogen and oxygen atoms in total. The van der Waals surface area contributed by atoms with Crippen molar-refractivity contribution in [2.24, 2.45) is 0 Å². The predicted octanol–water partition coefficient (Wildman–Crippen LogP) is 2.49. The lowest BCUT2D eigenvalue weighted by atomic mass is 9.95. The summed E-state index contributed by atoms with van der Waals surface area (Å²) in [5.74, 6) is -0.834. The summed E-state index contributed by atoms with van der Waals surface area (Å²) < 4.78 is 35.6. The fourth-order valence-corrected chi connectivity index (χ4v) is 4.25. The maximum absolute atomic E-state index is 12.2. The normalized spacial score (nSPS) is 29.0. The van der Waals surface area contributed by atoms with Crippen molar-refractivity contribution in [1.82, 2.24) is 5.32 Å². The Balaban J connectivity index is 1.60. The highest BCUT2D eigenvalue weighted by molar-refractivity contribution is 5.74. The highest BCUT2D eigenvalue weighted by Crippen LogP contribution is 2.36. The summed E-state index contributed by atoms with van der Waals surface area (Å²) in [6, 6.07) is 18.4. The van der Waals surface area contributed by atoms with Gasteiger partial charge in [-0.1, -0.05) is 60.7 Å². The minimum Gasteiger partial charge on any atom is -0.467 e. The molecule has 0 spiro atoms. The second kappa shape index (κ2) is 11.7. The molecule has 2 aromatic rings. The van der Waals surface area contributed by atoms with Gasteiger partial charge in [-0.25, -0.2) is 4.79 Å². The number of nitrogens with one attached hydrogen (secondary N) is 1. The number of hydrogen-bond acceptors (Lipinski definition) is 8. The van der Waals surface area contributed by atoms with Gasteiger partial charge < -0.3 is 33.7 Å². The summed E-state index contributed by atoms with van der Waals surface area (Å²) in [6.07, 6.45) is -4.39. The standard InChI is InChI=1S/C26H31NO8/c1-16(24(29)30-3)33-23-21(27-17(2)28)26(31-14-18-10-6-4-7-11-18)34-20-15-32-25(35-22(20)23)19-12-8-5-9-13-19/h4-13,16,20-23,25-26H,14-15H2,1-3H3,(H,27,28)/t16-,20+,21+,22+,23+,25+,26+/m0/s1. The minimum atomic E-state index is -0.906. The quantitative estimate of drug-likeness (QED) is 0.569. The number of methoxy groups -OCH3 is 1. The third-order valence-corrected chi connectivity index (χ3v) is 5.93. The number of rotatable bonds is 8. The van der Waals surface area contributed by atoms with E-state index in [2.05, 4.69) is 5.32 Å². The van der Waals surface area contributed by atoms with Gasteiger partial charge in [0.15, 0.2) is 18.7 Å². The Morgan fingerprint density at radius 2 is 1.74 bits per heavy atom. The Morgan fingerprint density at radius 1 is 1.06 bits per heavy atom. The number of amides is 1. The Morgan fingerprint density at radius 3 is 2.40 bits per heavy atom. The highest BCUT2D eigenvalue weighted by Gasteiger charge is 2.52. The molecule has 7 atom stereocenters. The number of fused-ring (bicyclic) bond motifs is 1. The van der Waals surface area contributed by atoms with Crippen molar-refractivity contribution < 1.29 is 38.0 Å². The molecule has 35 heavy (non-hydrogen) atoms. The first kappa shape index (κ1) is 25.3. The van der Waals surface area contributed by atoms with Crippen LogP contribution in [-0.4, -0.2) is 62.3 Å². The number of carbonyl (C=O) groups excluding carboxylic acids is 2. The predicted molar refractivity (Wildman–Crippen MR) is 124 cm³/mol. The van der Waals surface area contributed by atoms with E-state index in [1.807, 2.05) is 60.7 Å². The zero-order valence-corrected chi connectivity index (χ0v) is 20.0. The molecule has 0 bridgehead atoms. The molecule has 188 valence electrons. The van der Waals surface area contributed by atoms with Gasteiger partial charge in [-0.15, -0.1) is 0 Å². The monoisotopic (exact) mass is 485 g/mol. The van der Waals surface area contributed by atoms with Crippen molar-refractivity contribution in [2.75, 3.05) is 13.7 Å². The molecule has 1 N–H and O–H groups in total. The third-order valence-electron chi connectivity index (χ3n) is 5.93. The Hall–Kier alpha value is -2.82. The van der Waals surface area contributed by atoms with Crippen LogP contribution in [0, 0.1) is 0 Å². The van der Waals surface area contributed by atoms with Gasteiger partial charge in [0, 0.05) is 12.5 Å². The maximum atomic E-state index is 12.2. The van der Waals surface area contributed by atoms with Gasteiger partial charge in [-0.3, -0.25) is 4.79 Å². The second-order valence-corrected chi connectivity index (χ2v) is 8.51. The van der Waals surface area contributed by atoms with Crippen LogP contribution >= 0.6 is 0 Å². The molecule has 0 aromatic heterocycles. The zero-order valence-electron chi connectivity index (χ0n) is 20.0. The molecular weight excluding hydrogens is 454 g/mol. The number of esters is 1. The van der Waals surface area contributed by atoms with E-state index >= 15 is 0 Å². The number of carbonyl (C=O) groups is 2. The second-order valence-electron chi connectivity index (χ2n) is 8.51. The molecule has 9 heteroatoms. The molecule has 2 aliphatic rings. The van der Waals surface area contributed by atoms with Crippen molar-refractivity contribution in [3.8, 4) is 0 Å². The van der Waals surface area contributed by atoms with Crippen LogP contribution < -0.4 is 5.32 Å². The van der Waals surface area contributed by atoms with E-state index in [-0.39, 0.29) is 19.1 Å². The van der Waals surface area contributed by atoms with Gasteiger partial charge in [0.2, 0.25) is 5.91 Å². The van der Waals surface area contributed by atoms with E-state index < -0.39 is 49.0 Å². The average molecular weight is 486 g/mol. The minimum absolute atomic E-state index is 0.217. The van der Waals surface area contributed by atoms with Crippen molar-refractivity contribution in [1.29, 1.82) is 0 Å². The highest BCUT2D eigenvalue weighted by atomic mass is 16.8. The molecular formula is C26H31NO8. The van der Waals surface area contributed by atoms with Crippen LogP contribution in [-0.2, 0) is 44.6 Å². The lowest BCUT2D eigenvalue weighted by Gasteiger charge is -2.49. The molecule has 1 amide bonds. The van der Waals surface area contributed by atoms with Gasteiger partial charge in [0.1, 0.15) is 24.4 Å². The van der Waals surface area contributed by atoms with Gasteiger partial charge in [0.25, 0.3) is 0 Å². The molecule has 2 aromatic carbocycles. The first-order chi connectivity index (χ1) is 17.0. The van der Waals surface area contributed by atoms with Crippen LogP contribution in [0.4, 0.5) is 0 Å². The van der Waals surface area contributed by atoms with E-state index in [9.17, 15) is 9.59 Å². The number of benzene rings is 2. The Bertz CT molecular complexity index is 972. The van der Waals surface area contributed by atoms with Crippen LogP contribution in [0.25, 0.3) is 0 Å². The number of hydrogen-bond donors (Lipinski definition) is 1. The third kappa shape index (κ3) is 6.25. The van der Waals surface area contributed by atoms with Crippen LogP contribution in [0.15, 0.2) is 60.7 Å². The van der Waals surface area contributed by atoms with Crippen molar-refractivity contribution in [3.63, 3.8) is 0 Å². The Kier molecular flexibility index (Phi) is 8.48. The van der Waals surface area contributed by atoms with Crippen molar-refractivity contribution in [2.45, 2.75) is 63.5 Å². The van der Waals surface area contributed by atoms with Gasteiger partial charge in [0.05, 0.1) is 20.3 Å². The molecule has 0 radical (unpaired) electrons. The van der Waals surface area contributed by atoms with Crippen LogP contribution in [0.5, 0.6) is 0 Å². The summed E-state index contributed by atoms with van der Waals surface area (Å²) in [7, 11) is 1.29. The number of ether oxygens (including phenoxy) is 6. The summed E-state index contributed by atoms with van der Waals surface area (Å²) in [5, 5.41) is 2.88. The lowest BCUT2D eigenvalue weighted by molar-refractivity contribution is -0.352. The van der Waals surface area contributed by atoms with Crippen molar-refractivity contribution in [3.05, 3.63) is 71.8 Å². The molecule has 0 unspecified atom stereocenters. The van der Waals surface area contributed by atoms with Gasteiger partial charge in [-0.05, 0) is 12.5 Å². The topological polar surface area (TPSA) is 102 Å². The zero-order chi connectivity index (χ0) is 24.8. The SMILES string of the molecule is COC(=O)[C@H](C)O[C@@H]1[C@@H](NC(C)=O)[C@H](OCc2ccccc2)O[C@@H]2CO[C@@H](c3ccccc3)O[C@@H]12. The van der Waals surface area contributed by atoms with E-state index in [1.165, 1.54) is 14.0 Å². The first-order valence-corrected chi connectivity index (χ1v) is 11.6. The molecule has 2 saturated heterocycles.